The first-order valence-corrected chi connectivity index (χ1v) is 6.77. The smallest absolute Gasteiger partial charge is 0.125 e. The van der Waals surface area contributed by atoms with E-state index >= 15 is 0 Å². The van der Waals surface area contributed by atoms with E-state index in [4.69, 9.17) is 0 Å². The second-order valence-corrected chi connectivity index (χ2v) is 5.56. The van der Waals surface area contributed by atoms with Crippen molar-refractivity contribution >= 4 is 5.69 Å². The summed E-state index contributed by atoms with van der Waals surface area (Å²) in [4.78, 5) is 2.38. The molecule has 18 heavy (non-hydrogen) atoms. The standard InChI is InChI=1S/C15H23FN2/c1-11-6-7-14(16)9-15(11)17-12(2)13-5-4-8-18(3)10-13/h6-7,9,12-13,17H,4-5,8,10H2,1-3H3. The number of likely N-dealkylation sites (tertiary alicyclic amines) is 1. The highest BCUT2D eigenvalue weighted by atomic mass is 19.1. The first-order chi connectivity index (χ1) is 8.56. The van der Waals surface area contributed by atoms with Crippen LogP contribution in [0.25, 0.3) is 0 Å². The Morgan fingerprint density at radius 3 is 2.94 bits per heavy atom. The van der Waals surface area contributed by atoms with Gasteiger partial charge in [-0.25, -0.2) is 4.39 Å². The van der Waals surface area contributed by atoms with Crippen LogP contribution < -0.4 is 5.32 Å². The monoisotopic (exact) mass is 250 g/mol. The Hall–Kier alpha value is -1.09. The number of benzene rings is 1. The summed E-state index contributed by atoms with van der Waals surface area (Å²) in [6, 6.07) is 5.32. The van der Waals surface area contributed by atoms with Gasteiger partial charge in [-0.1, -0.05) is 6.07 Å². The molecule has 0 aromatic heterocycles. The number of hydrogen-bond donors (Lipinski definition) is 1. The fourth-order valence-electron chi connectivity index (χ4n) is 2.73. The molecular formula is C15H23FN2. The van der Waals surface area contributed by atoms with Crippen molar-refractivity contribution in [3.8, 4) is 0 Å². The average Bonchev–Trinajstić information content (AvgIpc) is 2.34. The van der Waals surface area contributed by atoms with Gasteiger partial charge in [-0.15, -0.1) is 0 Å². The zero-order valence-electron chi connectivity index (χ0n) is 11.5. The molecule has 3 heteroatoms. The first kappa shape index (κ1) is 13.3. The third-order valence-electron chi connectivity index (χ3n) is 3.95. The van der Waals surface area contributed by atoms with Crippen LogP contribution in [0.4, 0.5) is 10.1 Å². The van der Waals surface area contributed by atoms with Crippen molar-refractivity contribution in [1.82, 2.24) is 4.90 Å². The number of piperidine rings is 1. The molecule has 1 aromatic carbocycles. The van der Waals surface area contributed by atoms with Crippen LogP contribution in [-0.4, -0.2) is 31.1 Å². The molecule has 0 bridgehead atoms. The van der Waals surface area contributed by atoms with E-state index in [2.05, 4.69) is 24.2 Å². The molecule has 0 aliphatic carbocycles. The summed E-state index contributed by atoms with van der Waals surface area (Å²) in [5, 5.41) is 3.47. The van der Waals surface area contributed by atoms with Crippen molar-refractivity contribution in [2.24, 2.45) is 5.92 Å². The lowest BCUT2D eigenvalue weighted by Crippen LogP contribution is -2.39. The molecule has 0 saturated carbocycles. The van der Waals surface area contributed by atoms with Crippen molar-refractivity contribution in [3.63, 3.8) is 0 Å². The lowest BCUT2D eigenvalue weighted by atomic mass is 9.91. The van der Waals surface area contributed by atoms with E-state index in [0.717, 1.165) is 17.8 Å². The molecule has 1 heterocycles. The van der Waals surface area contributed by atoms with Gasteiger partial charge in [0.2, 0.25) is 0 Å². The quantitative estimate of drug-likeness (QED) is 0.885. The molecule has 1 aliphatic rings. The molecule has 100 valence electrons. The van der Waals surface area contributed by atoms with Crippen molar-refractivity contribution in [2.75, 3.05) is 25.5 Å². The van der Waals surface area contributed by atoms with Gasteiger partial charge in [-0.05, 0) is 63.9 Å². The molecule has 1 saturated heterocycles. The Balaban J connectivity index is 2.01. The fraction of sp³-hybridized carbons (Fsp3) is 0.600. The zero-order valence-corrected chi connectivity index (χ0v) is 11.5. The normalized spacial score (nSPS) is 22.8. The molecule has 2 rings (SSSR count). The highest BCUT2D eigenvalue weighted by Gasteiger charge is 2.22. The summed E-state index contributed by atoms with van der Waals surface area (Å²) in [5.74, 6) is 0.475. The molecule has 2 atom stereocenters. The van der Waals surface area contributed by atoms with E-state index in [9.17, 15) is 4.39 Å². The van der Waals surface area contributed by atoms with Gasteiger partial charge in [0, 0.05) is 18.3 Å². The minimum Gasteiger partial charge on any atom is -0.382 e. The van der Waals surface area contributed by atoms with Crippen LogP contribution in [0.2, 0.25) is 0 Å². The molecule has 0 amide bonds. The Kier molecular flexibility index (Phi) is 4.23. The minimum atomic E-state index is -0.170. The third kappa shape index (κ3) is 3.22. The second kappa shape index (κ2) is 5.70. The van der Waals surface area contributed by atoms with E-state index < -0.39 is 0 Å². The predicted octanol–water partition coefficient (Wildman–Crippen LogP) is 3.28. The molecule has 0 radical (unpaired) electrons. The van der Waals surface area contributed by atoms with E-state index in [1.54, 1.807) is 6.07 Å². The highest BCUT2D eigenvalue weighted by molar-refractivity contribution is 5.51. The summed E-state index contributed by atoms with van der Waals surface area (Å²) >= 11 is 0. The van der Waals surface area contributed by atoms with Crippen LogP contribution in [0.15, 0.2) is 18.2 Å². The van der Waals surface area contributed by atoms with Crippen molar-refractivity contribution in [3.05, 3.63) is 29.6 Å². The number of aryl methyl sites for hydroxylation is 1. The average molecular weight is 250 g/mol. The van der Waals surface area contributed by atoms with Crippen LogP contribution in [-0.2, 0) is 0 Å². The maximum Gasteiger partial charge on any atom is 0.125 e. The topological polar surface area (TPSA) is 15.3 Å². The van der Waals surface area contributed by atoms with Gasteiger partial charge in [0.05, 0.1) is 0 Å². The molecule has 1 N–H and O–H groups in total. The van der Waals surface area contributed by atoms with E-state index in [0.29, 0.717) is 12.0 Å². The van der Waals surface area contributed by atoms with Gasteiger partial charge >= 0.3 is 0 Å². The van der Waals surface area contributed by atoms with Crippen molar-refractivity contribution < 1.29 is 4.39 Å². The Morgan fingerprint density at radius 1 is 1.44 bits per heavy atom. The first-order valence-electron chi connectivity index (χ1n) is 6.77. The van der Waals surface area contributed by atoms with Crippen LogP contribution in [0.3, 0.4) is 0 Å². The highest BCUT2D eigenvalue weighted by Crippen LogP contribution is 2.23. The third-order valence-corrected chi connectivity index (χ3v) is 3.95. The number of nitrogens with zero attached hydrogens (tertiary/aromatic N) is 1. The fourth-order valence-corrected chi connectivity index (χ4v) is 2.73. The van der Waals surface area contributed by atoms with Gasteiger partial charge < -0.3 is 10.2 Å². The number of halogens is 1. The van der Waals surface area contributed by atoms with E-state index in [1.165, 1.54) is 25.5 Å². The molecule has 1 fully saturated rings. The zero-order chi connectivity index (χ0) is 13.1. The molecular weight excluding hydrogens is 227 g/mol. The SMILES string of the molecule is Cc1ccc(F)cc1NC(C)C1CCCN(C)C1. The molecule has 2 unspecified atom stereocenters. The van der Waals surface area contributed by atoms with Gasteiger partial charge in [-0.2, -0.15) is 0 Å². The molecule has 1 aromatic rings. The lowest BCUT2D eigenvalue weighted by Gasteiger charge is -2.34. The maximum absolute atomic E-state index is 13.3. The predicted molar refractivity (Wildman–Crippen MR) is 74.4 cm³/mol. The van der Waals surface area contributed by atoms with Gasteiger partial charge in [0.25, 0.3) is 0 Å². The molecule has 0 spiro atoms. The van der Waals surface area contributed by atoms with Crippen LogP contribution in [0.5, 0.6) is 0 Å². The van der Waals surface area contributed by atoms with Gasteiger partial charge in [0.15, 0.2) is 0 Å². The summed E-state index contributed by atoms with van der Waals surface area (Å²) < 4.78 is 13.3. The minimum absolute atomic E-state index is 0.170. The van der Waals surface area contributed by atoms with E-state index in [-0.39, 0.29) is 5.82 Å². The number of nitrogens with one attached hydrogen (secondary N) is 1. The van der Waals surface area contributed by atoms with Crippen molar-refractivity contribution in [1.29, 1.82) is 0 Å². The molecule has 2 nitrogen and oxygen atoms in total. The summed E-state index contributed by atoms with van der Waals surface area (Å²) in [6.45, 7) is 6.54. The van der Waals surface area contributed by atoms with Crippen LogP contribution >= 0.6 is 0 Å². The Bertz CT molecular complexity index is 405. The summed E-state index contributed by atoms with van der Waals surface area (Å²) in [6.07, 6.45) is 2.52. The second-order valence-electron chi connectivity index (χ2n) is 5.56. The van der Waals surface area contributed by atoms with E-state index in [1.807, 2.05) is 13.0 Å². The lowest BCUT2D eigenvalue weighted by molar-refractivity contribution is 0.197. The Labute approximate surface area is 109 Å². The number of hydrogen-bond acceptors (Lipinski definition) is 2. The summed E-state index contributed by atoms with van der Waals surface area (Å²) in [7, 11) is 2.17. The van der Waals surface area contributed by atoms with Crippen LogP contribution in [0.1, 0.15) is 25.3 Å². The van der Waals surface area contributed by atoms with Gasteiger partial charge in [-0.3, -0.25) is 0 Å². The van der Waals surface area contributed by atoms with Crippen molar-refractivity contribution in [2.45, 2.75) is 32.7 Å². The molecule has 1 aliphatic heterocycles. The largest absolute Gasteiger partial charge is 0.382 e. The maximum atomic E-state index is 13.3. The Morgan fingerprint density at radius 2 is 2.22 bits per heavy atom. The van der Waals surface area contributed by atoms with Crippen LogP contribution in [0, 0.1) is 18.7 Å². The number of anilines is 1. The summed E-state index contributed by atoms with van der Waals surface area (Å²) in [5.41, 5.74) is 2.03. The number of rotatable bonds is 3. The van der Waals surface area contributed by atoms with Gasteiger partial charge in [0.1, 0.15) is 5.82 Å².